The Balaban J connectivity index is 0. The second-order valence-electron chi connectivity index (χ2n) is 1.52. The van der Waals surface area contributed by atoms with Crippen molar-refractivity contribution in [2.75, 3.05) is 6.61 Å². The molecular weight excluding hydrogens is 144 g/mol. The van der Waals surface area contributed by atoms with Crippen LogP contribution >= 0.6 is 0 Å². The fourth-order valence-corrected chi connectivity index (χ4v) is 0.245. The minimum Gasteiger partial charge on any atom is -0.545 e. The molecule has 0 radical (unpaired) electrons. The van der Waals surface area contributed by atoms with Crippen molar-refractivity contribution in [1.29, 1.82) is 0 Å². The Morgan fingerprint density at radius 1 is 1.55 bits per heavy atom. The largest absolute Gasteiger partial charge is 0.545 e. The Morgan fingerprint density at radius 2 is 2.00 bits per heavy atom. The van der Waals surface area contributed by atoms with Crippen LogP contribution in [0.1, 0.15) is 13.8 Å². The molecule has 0 aromatic rings. The van der Waals surface area contributed by atoms with E-state index >= 15 is 0 Å². The summed E-state index contributed by atoms with van der Waals surface area (Å²) in [6, 6.07) is 0. The molecule has 0 aromatic heterocycles. The molecule has 0 bridgehead atoms. The van der Waals surface area contributed by atoms with E-state index in [1.807, 2.05) is 0 Å². The van der Waals surface area contributed by atoms with Crippen molar-refractivity contribution in [3.05, 3.63) is 24.3 Å². The first kappa shape index (κ1) is 12.6. The van der Waals surface area contributed by atoms with Crippen LogP contribution in [0.15, 0.2) is 24.3 Å². The van der Waals surface area contributed by atoms with E-state index in [4.69, 9.17) is 5.11 Å². The molecule has 0 amide bonds. The van der Waals surface area contributed by atoms with E-state index in [2.05, 4.69) is 0 Å². The predicted octanol–water partition coefficient (Wildman–Crippen LogP) is -0.133. The summed E-state index contributed by atoms with van der Waals surface area (Å²) in [4.78, 5) is 9.64. The highest BCUT2D eigenvalue weighted by atomic mass is 16.4. The summed E-state index contributed by atoms with van der Waals surface area (Å²) in [5, 5.41) is 17.2. The number of aliphatic hydroxyl groups excluding tert-OH is 1. The summed E-state index contributed by atoms with van der Waals surface area (Å²) in [6.07, 6.45) is 5.74. The second kappa shape index (κ2) is 11.7. The number of carboxylic acids is 1. The Labute approximate surface area is 66.7 Å². The third kappa shape index (κ3) is 27.8. The molecule has 0 aliphatic carbocycles. The van der Waals surface area contributed by atoms with Gasteiger partial charge in [-0.1, -0.05) is 18.2 Å². The number of carboxylic acid groups (broad SMARTS) is 1. The molecule has 0 aliphatic heterocycles. The van der Waals surface area contributed by atoms with E-state index < -0.39 is 5.97 Å². The number of hydrogen-bond acceptors (Lipinski definition) is 3. The predicted molar refractivity (Wildman–Crippen MR) is 41.7 cm³/mol. The van der Waals surface area contributed by atoms with Gasteiger partial charge in [0.2, 0.25) is 0 Å². The Morgan fingerprint density at radius 3 is 2.27 bits per heavy atom. The molecule has 64 valence electrons. The van der Waals surface area contributed by atoms with Gasteiger partial charge in [0.15, 0.2) is 0 Å². The standard InChI is InChI=1S/C6H8O2.C2H6O/c1-2-3-4-5-6(7)8;1-2-3/h2-5H,1H3,(H,7,8);3H,2H2,1H3/p-1/b3-2+,5-4+;. The Hall–Kier alpha value is -1.09. The molecule has 3 heteroatoms. The van der Waals surface area contributed by atoms with Gasteiger partial charge in [0.05, 0.1) is 5.97 Å². The summed E-state index contributed by atoms with van der Waals surface area (Å²) in [6.45, 7) is 3.74. The Bertz CT molecular complexity index is 136. The highest BCUT2D eigenvalue weighted by Crippen LogP contribution is 1.72. The zero-order chi connectivity index (χ0) is 9.11. The summed E-state index contributed by atoms with van der Waals surface area (Å²) >= 11 is 0. The Kier molecular flexibility index (Phi) is 13.3. The number of aliphatic carboxylic acids is 1. The first-order chi connectivity index (χ1) is 5.18. The number of hydrogen-bond donors (Lipinski definition) is 1. The van der Waals surface area contributed by atoms with Crippen LogP contribution in [-0.4, -0.2) is 17.7 Å². The third-order valence-corrected chi connectivity index (χ3v) is 0.536. The van der Waals surface area contributed by atoms with Gasteiger partial charge in [-0.2, -0.15) is 0 Å². The molecule has 0 rings (SSSR count). The van der Waals surface area contributed by atoms with Crippen LogP contribution in [-0.2, 0) is 4.79 Å². The normalized spacial score (nSPS) is 9.73. The maximum Gasteiger partial charge on any atom is 0.0642 e. The highest BCUT2D eigenvalue weighted by molar-refractivity contribution is 5.77. The van der Waals surface area contributed by atoms with Crippen molar-refractivity contribution in [3.8, 4) is 0 Å². The maximum absolute atomic E-state index is 9.64. The van der Waals surface area contributed by atoms with Crippen LogP contribution in [0.5, 0.6) is 0 Å². The number of rotatable bonds is 2. The summed E-state index contributed by atoms with van der Waals surface area (Å²) < 4.78 is 0. The molecule has 0 atom stereocenters. The number of carbonyl (C=O) groups excluding carboxylic acids is 1. The molecule has 1 N–H and O–H groups in total. The molecule has 0 heterocycles. The first-order valence-electron chi connectivity index (χ1n) is 3.30. The van der Waals surface area contributed by atoms with E-state index in [0.29, 0.717) is 0 Å². The lowest BCUT2D eigenvalue weighted by Crippen LogP contribution is -2.18. The molecule has 0 spiro atoms. The average Bonchev–Trinajstić information content (AvgIpc) is 1.89. The van der Waals surface area contributed by atoms with Gasteiger partial charge < -0.3 is 15.0 Å². The molecule has 3 nitrogen and oxygen atoms in total. The third-order valence-electron chi connectivity index (χ3n) is 0.536. The smallest absolute Gasteiger partial charge is 0.0642 e. The van der Waals surface area contributed by atoms with Crippen LogP contribution < -0.4 is 5.11 Å². The molecule has 0 fully saturated rings. The van der Waals surface area contributed by atoms with Gasteiger partial charge in [0.1, 0.15) is 0 Å². The quantitative estimate of drug-likeness (QED) is 0.448. The van der Waals surface area contributed by atoms with Crippen LogP contribution in [0, 0.1) is 0 Å². The van der Waals surface area contributed by atoms with Crippen LogP contribution in [0.2, 0.25) is 0 Å². The molecule has 11 heavy (non-hydrogen) atoms. The lowest BCUT2D eigenvalue weighted by atomic mass is 10.4. The monoisotopic (exact) mass is 157 g/mol. The van der Waals surface area contributed by atoms with Crippen LogP contribution in [0.3, 0.4) is 0 Å². The molecular formula is C8H13O3-. The van der Waals surface area contributed by atoms with E-state index in [0.717, 1.165) is 6.08 Å². The molecule has 0 aromatic carbocycles. The lowest BCUT2D eigenvalue weighted by Gasteiger charge is -1.84. The van der Waals surface area contributed by atoms with Gasteiger partial charge in [0, 0.05) is 6.61 Å². The van der Waals surface area contributed by atoms with Crippen LogP contribution in [0.4, 0.5) is 0 Å². The van der Waals surface area contributed by atoms with Crippen molar-refractivity contribution in [1.82, 2.24) is 0 Å². The molecule has 0 aliphatic rings. The first-order valence-corrected chi connectivity index (χ1v) is 3.30. The number of aliphatic hydroxyl groups is 1. The summed E-state index contributed by atoms with van der Waals surface area (Å²) in [5.74, 6) is -1.16. The van der Waals surface area contributed by atoms with Gasteiger partial charge >= 0.3 is 0 Å². The highest BCUT2D eigenvalue weighted by Gasteiger charge is 1.64. The lowest BCUT2D eigenvalue weighted by molar-refractivity contribution is -0.297. The van der Waals surface area contributed by atoms with E-state index in [1.165, 1.54) is 6.08 Å². The van der Waals surface area contributed by atoms with E-state index in [-0.39, 0.29) is 6.61 Å². The van der Waals surface area contributed by atoms with Gasteiger partial charge in [0.25, 0.3) is 0 Å². The number of carbonyl (C=O) groups is 1. The topological polar surface area (TPSA) is 60.4 Å². The van der Waals surface area contributed by atoms with Gasteiger partial charge in [-0.25, -0.2) is 0 Å². The second-order valence-corrected chi connectivity index (χ2v) is 1.52. The van der Waals surface area contributed by atoms with Gasteiger partial charge in [-0.15, -0.1) is 0 Å². The minimum atomic E-state index is -1.16. The fraction of sp³-hybridized carbons (Fsp3) is 0.375. The molecule has 0 unspecified atom stereocenters. The average molecular weight is 157 g/mol. The van der Waals surface area contributed by atoms with Crippen molar-refractivity contribution in [3.63, 3.8) is 0 Å². The van der Waals surface area contributed by atoms with E-state index in [1.54, 1.807) is 26.0 Å². The van der Waals surface area contributed by atoms with E-state index in [9.17, 15) is 9.90 Å². The van der Waals surface area contributed by atoms with Crippen molar-refractivity contribution >= 4 is 5.97 Å². The summed E-state index contributed by atoms with van der Waals surface area (Å²) in [7, 11) is 0. The van der Waals surface area contributed by atoms with Crippen molar-refractivity contribution in [2.24, 2.45) is 0 Å². The maximum atomic E-state index is 9.64. The van der Waals surface area contributed by atoms with Gasteiger partial charge in [-0.3, -0.25) is 0 Å². The fourth-order valence-electron chi connectivity index (χ4n) is 0.245. The molecule has 0 saturated carbocycles. The summed E-state index contributed by atoms with van der Waals surface area (Å²) in [5.41, 5.74) is 0. The molecule has 0 saturated heterocycles. The number of allylic oxidation sites excluding steroid dienone is 3. The zero-order valence-electron chi connectivity index (χ0n) is 6.78. The van der Waals surface area contributed by atoms with Gasteiger partial charge in [-0.05, 0) is 19.9 Å². The van der Waals surface area contributed by atoms with Crippen LogP contribution in [0.25, 0.3) is 0 Å². The van der Waals surface area contributed by atoms with Crippen molar-refractivity contribution < 1.29 is 15.0 Å². The van der Waals surface area contributed by atoms with Crippen molar-refractivity contribution in [2.45, 2.75) is 13.8 Å². The minimum absolute atomic E-state index is 0.250. The zero-order valence-corrected chi connectivity index (χ0v) is 6.78. The SMILES string of the molecule is C/C=C/C=C/C(=O)[O-].CCO.